The zero-order valence-electron chi connectivity index (χ0n) is 19.7. The molecule has 3 aromatic rings. The van der Waals surface area contributed by atoms with Crippen LogP contribution in [0.2, 0.25) is 0 Å². The fourth-order valence-corrected chi connectivity index (χ4v) is 4.39. The van der Waals surface area contributed by atoms with Gasteiger partial charge in [-0.2, -0.15) is 0 Å². The number of nitrogens with one attached hydrogen (secondary N) is 1. The van der Waals surface area contributed by atoms with Crippen molar-refractivity contribution in [3.05, 3.63) is 70.2 Å². The quantitative estimate of drug-likeness (QED) is 0.360. The maximum Gasteiger partial charge on any atom is 0.275 e. The monoisotopic (exact) mass is 467 g/mol. The lowest BCUT2D eigenvalue weighted by molar-refractivity contribution is 0.102. The van der Waals surface area contributed by atoms with E-state index in [9.17, 15) is 4.79 Å². The van der Waals surface area contributed by atoms with Gasteiger partial charge in [0.05, 0.1) is 12.1 Å². The number of aromatic nitrogens is 1. The van der Waals surface area contributed by atoms with Gasteiger partial charge in [0, 0.05) is 30.1 Å². The van der Waals surface area contributed by atoms with Crippen LogP contribution in [0.25, 0.3) is 0 Å². The maximum absolute atomic E-state index is 12.7. The van der Waals surface area contributed by atoms with Crippen molar-refractivity contribution >= 4 is 22.9 Å². The number of thiazole rings is 1. The van der Waals surface area contributed by atoms with E-state index in [1.165, 1.54) is 16.9 Å². The van der Waals surface area contributed by atoms with Gasteiger partial charge in [-0.25, -0.2) is 4.98 Å². The molecule has 33 heavy (non-hydrogen) atoms. The first-order valence-electron chi connectivity index (χ1n) is 11.5. The molecule has 0 fully saturated rings. The van der Waals surface area contributed by atoms with Crippen LogP contribution >= 0.6 is 11.3 Å². The normalized spacial score (nSPS) is 10.9. The predicted octanol–water partition coefficient (Wildman–Crippen LogP) is 5.50. The van der Waals surface area contributed by atoms with E-state index in [2.05, 4.69) is 41.2 Å². The molecule has 0 unspecified atom stereocenters. The molecule has 3 rings (SSSR count). The largest absolute Gasteiger partial charge is 0.493 e. The van der Waals surface area contributed by atoms with Crippen LogP contribution in [0.4, 0.5) is 5.69 Å². The van der Waals surface area contributed by atoms with Gasteiger partial charge in [0.15, 0.2) is 11.5 Å². The lowest BCUT2D eigenvalue weighted by Gasteiger charge is -2.21. The summed E-state index contributed by atoms with van der Waals surface area (Å²) in [6.45, 7) is 7.90. The molecule has 0 bridgehead atoms. The van der Waals surface area contributed by atoms with E-state index in [0.29, 0.717) is 35.9 Å². The molecule has 6 nitrogen and oxygen atoms in total. The number of carbonyl (C=O) groups is 1. The summed E-state index contributed by atoms with van der Waals surface area (Å²) in [4.78, 5) is 19.7. The fraction of sp³-hybridized carbons (Fsp3) is 0.385. The van der Waals surface area contributed by atoms with Gasteiger partial charge in [-0.05, 0) is 43.6 Å². The summed E-state index contributed by atoms with van der Waals surface area (Å²) in [5.41, 5.74) is 2.23. The second-order valence-electron chi connectivity index (χ2n) is 7.80. The van der Waals surface area contributed by atoms with Crippen LogP contribution in [-0.2, 0) is 6.42 Å². The summed E-state index contributed by atoms with van der Waals surface area (Å²) in [7, 11) is 1.62. The van der Waals surface area contributed by atoms with E-state index in [-0.39, 0.29) is 5.91 Å². The highest BCUT2D eigenvalue weighted by atomic mass is 32.1. The zero-order valence-corrected chi connectivity index (χ0v) is 20.5. The molecule has 0 atom stereocenters. The van der Waals surface area contributed by atoms with Gasteiger partial charge in [-0.15, -0.1) is 11.3 Å². The van der Waals surface area contributed by atoms with Gasteiger partial charge in [0.25, 0.3) is 5.91 Å². The van der Waals surface area contributed by atoms with Gasteiger partial charge >= 0.3 is 0 Å². The molecule has 0 aliphatic heterocycles. The SMILES string of the molecule is CCCN(CCC)CCOc1cc(NC(=O)c2csc(Cc3ccccc3)n2)ccc1OC. The molecule has 1 amide bonds. The van der Waals surface area contributed by atoms with Gasteiger partial charge in [-0.1, -0.05) is 44.2 Å². The van der Waals surface area contributed by atoms with E-state index < -0.39 is 0 Å². The third-order valence-electron chi connectivity index (χ3n) is 5.15. The maximum atomic E-state index is 12.7. The van der Waals surface area contributed by atoms with E-state index in [0.717, 1.165) is 37.5 Å². The van der Waals surface area contributed by atoms with E-state index in [1.807, 2.05) is 24.3 Å². The van der Waals surface area contributed by atoms with Crippen molar-refractivity contribution in [1.29, 1.82) is 0 Å². The summed E-state index contributed by atoms with van der Waals surface area (Å²) in [5.74, 6) is 1.02. The Kier molecular flexibility index (Phi) is 9.72. The summed E-state index contributed by atoms with van der Waals surface area (Å²) in [6.07, 6.45) is 2.95. The Labute approximate surface area is 200 Å². The van der Waals surface area contributed by atoms with Crippen molar-refractivity contribution in [2.24, 2.45) is 0 Å². The average molecular weight is 468 g/mol. The number of hydrogen-bond acceptors (Lipinski definition) is 6. The number of methoxy groups -OCH3 is 1. The molecule has 0 saturated heterocycles. The highest BCUT2D eigenvalue weighted by Crippen LogP contribution is 2.30. The highest BCUT2D eigenvalue weighted by Gasteiger charge is 2.14. The Morgan fingerprint density at radius 3 is 2.48 bits per heavy atom. The highest BCUT2D eigenvalue weighted by molar-refractivity contribution is 7.09. The number of ether oxygens (including phenoxy) is 2. The molecular formula is C26H33N3O3S. The number of rotatable bonds is 13. The topological polar surface area (TPSA) is 63.7 Å². The molecule has 0 spiro atoms. The number of anilines is 1. The Morgan fingerprint density at radius 1 is 1.03 bits per heavy atom. The van der Waals surface area contributed by atoms with Crippen LogP contribution in [-0.4, -0.2) is 49.1 Å². The van der Waals surface area contributed by atoms with Crippen LogP contribution in [0.5, 0.6) is 11.5 Å². The van der Waals surface area contributed by atoms with Crippen LogP contribution in [0, 0.1) is 0 Å². The van der Waals surface area contributed by atoms with Gasteiger partial charge < -0.3 is 14.8 Å². The molecule has 176 valence electrons. The number of amides is 1. The van der Waals surface area contributed by atoms with Crippen LogP contribution in [0.1, 0.15) is 47.7 Å². The first kappa shape index (κ1) is 24.7. The van der Waals surface area contributed by atoms with Crippen molar-refractivity contribution in [1.82, 2.24) is 9.88 Å². The van der Waals surface area contributed by atoms with Crippen molar-refractivity contribution in [2.45, 2.75) is 33.1 Å². The number of nitrogens with zero attached hydrogens (tertiary/aromatic N) is 2. The van der Waals surface area contributed by atoms with Crippen molar-refractivity contribution in [3.63, 3.8) is 0 Å². The second kappa shape index (κ2) is 13.0. The molecular weight excluding hydrogens is 434 g/mol. The molecule has 7 heteroatoms. The molecule has 0 aliphatic carbocycles. The van der Waals surface area contributed by atoms with Gasteiger partial charge in [-0.3, -0.25) is 9.69 Å². The van der Waals surface area contributed by atoms with E-state index >= 15 is 0 Å². The number of benzene rings is 2. The first-order chi connectivity index (χ1) is 16.1. The molecule has 0 radical (unpaired) electrons. The van der Waals surface area contributed by atoms with Crippen LogP contribution in [0.3, 0.4) is 0 Å². The molecule has 1 N–H and O–H groups in total. The van der Waals surface area contributed by atoms with Gasteiger partial charge in [0.1, 0.15) is 12.3 Å². The van der Waals surface area contributed by atoms with Gasteiger partial charge in [0.2, 0.25) is 0 Å². The fourth-order valence-electron chi connectivity index (χ4n) is 3.58. The van der Waals surface area contributed by atoms with Crippen molar-refractivity contribution in [2.75, 3.05) is 38.7 Å². The van der Waals surface area contributed by atoms with Crippen LogP contribution < -0.4 is 14.8 Å². The van der Waals surface area contributed by atoms with Crippen molar-refractivity contribution < 1.29 is 14.3 Å². The van der Waals surface area contributed by atoms with Crippen LogP contribution in [0.15, 0.2) is 53.9 Å². The summed E-state index contributed by atoms with van der Waals surface area (Å²) < 4.78 is 11.5. The number of carbonyl (C=O) groups excluding carboxylic acids is 1. The minimum absolute atomic E-state index is 0.237. The van der Waals surface area contributed by atoms with Crippen molar-refractivity contribution in [3.8, 4) is 11.5 Å². The minimum atomic E-state index is -0.237. The Hall–Kier alpha value is -2.90. The second-order valence-corrected chi connectivity index (χ2v) is 8.74. The molecule has 1 heterocycles. The minimum Gasteiger partial charge on any atom is -0.493 e. The third-order valence-corrected chi connectivity index (χ3v) is 6.00. The molecule has 0 saturated carbocycles. The molecule has 0 aliphatic rings. The average Bonchev–Trinajstić information content (AvgIpc) is 3.29. The Balaban J connectivity index is 1.61. The molecule has 1 aromatic heterocycles. The summed E-state index contributed by atoms with van der Waals surface area (Å²) >= 11 is 1.49. The van der Waals surface area contributed by atoms with E-state index in [1.54, 1.807) is 24.6 Å². The summed E-state index contributed by atoms with van der Waals surface area (Å²) in [6, 6.07) is 15.5. The Morgan fingerprint density at radius 2 is 1.79 bits per heavy atom. The number of hydrogen-bond donors (Lipinski definition) is 1. The lowest BCUT2D eigenvalue weighted by atomic mass is 10.2. The summed E-state index contributed by atoms with van der Waals surface area (Å²) in [5, 5.41) is 5.63. The smallest absolute Gasteiger partial charge is 0.275 e. The lowest BCUT2D eigenvalue weighted by Crippen LogP contribution is -2.30. The Bertz CT molecular complexity index is 1000. The van der Waals surface area contributed by atoms with E-state index in [4.69, 9.17) is 9.47 Å². The predicted molar refractivity (Wildman–Crippen MR) is 135 cm³/mol. The standard InChI is InChI=1S/C26H33N3O3S/c1-4-13-29(14-5-2)15-16-32-24-18-21(11-12-23(24)31-3)27-26(30)22-19-33-25(28-22)17-20-9-7-6-8-10-20/h6-12,18-19H,4-5,13-17H2,1-3H3,(H,27,30). The first-order valence-corrected chi connectivity index (χ1v) is 12.3. The molecule has 2 aromatic carbocycles. The zero-order chi connectivity index (χ0) is 23.5. The third kappa shape index (κ3) is 7.58.